The molecule has 1 aromatic heterocycles. The fraction of sp³-hybridized carbons (Fsp3) is 0.273. The van der Waals surface area contributed by atoms with Gasteiger partial charge in [-0.3, -0.25) is 0 Å². The fourth-order valence-corrected chi connectivity index (χ4v) is 2.38. The zero-order valence-electron chi connectivity index (χ0n) is 8.46. The van der Waals surface area contributed by atoms with E-state index in [2.05, 4.69) is 9.59 Å². The molecule has 2 heterocycles. The summed E-state index contributed by atoms with van der Waals surface area (Å²) in [6.45, 7) is 0.689. The summed E-state index contributed by atoms with van der Waals surface area (Å²) in [5, 5.41) is 15.8. The third kappa shape index (κ3) is 1.48. The van der Waals surface area contributed by atoms with Crippen LogP contribution in [0.25, 0.3) is 0 Å². The third-order valence-electron chi connectivity index (χ3n) is 2.70. The second-order valence-electron chi connectivity index (χ2n) is 3.67. The minimum atomic E-state index is -0.744. The van der Waals surface area contributed by atoms with E-state index in [0.29, 0.717) is 12.3 Å². The van der Waals surface area contributed by atoms with E-state index in [-0.39, 0.29) is 0 Å². The molecule has 0 amide bonds. The van der Waals surface area contributed by atoms with Crippen molar-refractivity contribution in [2.75, 3.05) is 6.61 Å². The monoisotopic (exact) mass is 234 g/mol. The zero-order chi connectivity index (χ0) is 11.0. The number of benzene rings is 1. The number of aliphatic hydroxyl groups excluding tert-OH is 1. The summed E-state index contributed by atoms with van der Waals surface area (Å²) >= 11 is 1.23. The first-order chi connectivity index (χ1) is 7.86. The molecule has 1 aliphatic rings. The molecule has 1 atom stereocenters. The summed E-state index contributed by atoms with van der Waals surface area (Å²) in [4.78, 5) is 0. The number of ether oxygens (including phenoxy) is 1. The van der Waals surface area contributed by atoms with Crippen molar-refractivity contribution in [3.05, 3.63) is 40.4 Å². The summed E-state index contributed by atoms with van der Waals surface area (Å²) in [7, 11) is 0. The molecule has 3 rings (SSSR count). The van der Waals surface area contributed by atoms with Crippen LogP contribution in [0.15, 0.2) is 23.6 Å². The number of hydrogen-bond donors (Lipinski definition) is 1. The van der Waals surface area contributed by atoms with Crippen molar-refractivity contribution in [3.63, 3.8) is 0 Å². The lowest BCUT2D eigenvalue weighted by atomic mass is 10.0. The van der Waals surface area contributed by atoms with Crippen LogP contribution in [0.3, 0.4) is 0 Å². The van der Waals surface area contributed by atoms with Crippen LogP contribution in [-0.2, 0) is 6.42 Å². The maximum Gasteiger partial charge on any atom is 0.128 e. The van der Waals surface area contributed by atoms with Crippen LogP contribution in [-0.4, -0.2) is 21.3 Å². The maximum atomic E-state index is 10.2. The smallest absolute Gasteiger partial charge is 0.128 e. The van der Waals surface area contributed by atoms with E-state index in [1.165, 1.54) is 11.5 Å². The molecule has 0 aliphatic carbocycles. The summed E-state index contributed by atoms with van der Waals surface area (Å²) < 4.78 is 9.30. The van der Waals surface area contributed by atoms with Gasteiger partial charge in [-0.15, -0.1) is 5.10 Å². The van der Waals surface area contributed by atoms with Crippen molar-refractivity contribution in [1.29, 1.82) is 0 Å². The van der Waals surface area contributed by atoms with Gasteiger partial charge in [0.15, 0.2) is 0 Å². The van der Waals surface area contributed by atoms with Gasteiger partial charge in [0, 0.05) is 17.4 Å². The first kappa shape index (κ1) is 9.74. The molecule has 1 aromatic carbocycles. The van der Waals surface area contributed by atoms with Crippen molar-refractivity contribution in [2.24, 2.45) is 0 Å². The van der Waals surface area contributed by atoms with Gasteiger partial charge in [0.05, 0.1) is 6.61 Å². The van der Waals surface area contributed by atoms with Crippen molar-refractivity contribution in [1.82, 2.24) is 9.59 Å². The standard InChI is InChI=1S/C11H10N2O2S/c14-10(9-6-16-13-12-9)8-3-1-2-7-4-5-15-11(7)8/h1-3,6,10,14H,4-5H2. The summed E-state index contributed by atoms with van der Waals surface area (Å²) in [5.41, 5.74) is 2.51. The van der Waals surface area contributed by atoms with Gasteiger partial charge in [0.1, 0.15) is 17.5 Å². The molecule has 16 heavy (non-hydrogen) atoms. The highest BCUT2D eigenvalue weighted by Gasteiger charge is 2.22. The predicted molar refractivity (Wildman–Crippen MR) is 59.6 cm³/mol. The van der Waals surface area contributed by atoms with E-state index in [0.717, 1.165) is 23.3 Å². The number of aromatic nitrogens is 2. The second kappa shape index (κ2) is 3.84. The molecule has 0 bridgehead atoms. The highest BCUT2D eigenvalue weighted by molar-refractivity contribution is 7.03. The number of nitrogens with zero attached hydrogens (tertiary/aromatic N) is 2. The molecule has 0 saturated heterocycles. The molecule has 1 N–H and O–H groups in total. The molecular weight excluding hydrogens is 224 g/mol. The Labute approximate surface area is 96.7 Å². The number of rotatable bonds is 2. The third-order valence-corrected chi connectivity index (χ3v) is 3.22. The van der Waals surface area contributed by atoms with Crippen LogP contribution in [0, 0.1) is 0 Å². The predicted octanol–water partition coefficient (Wildman–Crippen LogP) is 1.55. The highest BCUT2D eigenvalue weighted by atomic mass is 32.1. The molecule has 2 aromatic rings. The van der Waals surface area contributed by atoms with Crippen LogP contribution in [0.4, 0.5) is 0 Å². The van der Waals surface area contributed by atoms with Gasteiger partial charge < -0.3 is 9.84 Å². The largest absolute Gasteiger partial charge is 0.493 e. The van der Waals surface area contributed by atoms with E-state index in [4.69, 9.17) is 4.74 Å². The Morgan fingerprint density at radius 1 is 1.44 bits per heavy atom. The number of fused-ring (bicyclic) bond motifs is 1. The lowest BCUT2D eigenvalue weighted by molar-refractivity contribution is 0.209. The van der Waals surface area contributed by atoms with Crippen molar-refractivity contribution in [3.8, 4) is 5.75 Å². The maximum absolute atomic E-state index is 10.2. The normalized spacial score (nSPS) is 15.6. The van der Waals surface area contributed by atoms with Crippen LogP contribution < -0.4 is 4.74 Å². The van der Waals surface area contributed by atoms with Crippen molar-refractivity contribution >= 4 is 11.5 Å². The zero-order valence-corrected chi connectivity index (χ0v) is 9.28. The number of para-hydroxylation sites is 1. The SMILES string of the molecule is OC(c1csnn1)c1cccc2c1OCC2. The molecule has 0 saturated carbocycles. The molecule has 4 nitrogen and oxygen atoms in total. The molecule has 1 aliphatic heterocycles. The topological polar surface area (TPSA) is 55.2 Å². The van der Waals surface area contributed by atoms with Crippen LogP contribution in [0.1, 0.15) is 22.9 Å². The van der Waals surface area contributed by atoms with Crippen LogP contribution in [0.5, 0.6) is 5.75 Å². The van der Waals surface area contributed by atoms with E-state index in [1.54, 1.807) is 5.38 Å². The van der Waals surface area contributed by atoms with Gasteiger partial charge in [-0.05, 0) is 17.1 Å². The molecule has 0 radical (unpaired) electrons. The highest BCUT2D eigenvalue weighted by Crippen LogP contribution is 2.35. The number of aliphatic hydroxyl groups is 1. The second-order valence-corrected chi connectivity index (χ2v) is 4.28. The minimum absolute atomic E-state index is 0.578. The first-order valence-electron chi connectivity index (χ1n) is 5.06. The van der Waals surface area contributed by atoms with Gasteiger partial charge in [-0.25, -0.2) is 0 Å². The van der Waals surface area contributed by atoms with Crippen molar-refractivity contribution < 1.29 is 9.84 Å². The van der Waals surface area contributed by atoms with E-state index in [1.807, 2.05) is 18.2 Å². The van der Waals surface area contributed by atoms with E-state index >= 15 is 0 Å². The lowest BCUT2D eigenvalue weighted by Crippen LogP contribution is -2.02. The van der Waals surface area contributed by atoms with Crippen molar-refractivity contribution in [2.45, 2.75) is 12.5 Å². The summed E-state index contributed by atoms with van der Waals surface area (Å²) in [6.07, 6.45) is 0.164. The average molecular weight is 234 g/mol. The average Bonchev–Trinajstić information content (AvgIpc) is 2.98. The van der Waals surface area contributed by atoms with Crippen LogP contribution >= 0.6 is 11.5 Å². The Morgan fingerprint density at radius 3 is 3.19 bits per heavy atom. The quantitative estimate of drug-likeness (QED) is 0.856. The van der Waals surface area contributed by atoms with Crippen LogP contribution in [0.2, 0.25) is 0 Å². The summed E-state index contributed by atoms with van der Waals surface area (Å²) in [6, 6.07) is 5.83. The van der Waals surface area contributed by atoms with E-state index in [9.17, 15) is 5.11 Å². The number of hydrogen-bond acceptors (Lipinski definition) is 5. The molecule has 0 spiro atoms. The van der Waals surface area contributed by atoms with Gasteiger partial charge in [0.25, 0.3) is 0 Å². The Balaban J connectivity index is 2.04. The summed E-state index contributed by atoms with van der Waals surface area (Å²) in [5.74, 6) is 0.808. The molecular formula is C11H10N2O2S. The Bertz CT molecular complexity index is 499. The van der Waals surface area contributed by atoms with Gasteiger partial charge in [0.2, 0.25) is 0 Å². The molecule has 1 unspecified atom stereocenters. The minimum Gasteiger partial charge on any atom is -0.493 e. The Kier molecular flexibility index (Phi) is 2.34. The van der Waals surface area contributed by atoms with E-state index < -0.39 is 6.10 Å². The Morgan fingerprint density at radius 2 is 2.38 bits per heavy atom. The first-order valence-corrected chi connectivity index (χ1v) is 5.89. The van der Waals surface area contributed by atoms with Gasteiger partial charge in [-0.2, -0.15) is 0 Å². The van der Waals surface area contributed by atoms with Gasteiger partial charge in [-0.1, -0.05) is 22.7 Å². The Hall–Kier alpha value is -1.46. The van der Waals surface area contributed by atoms with Gasteiger partial charge >= 0.3 is 0 Å². The lowest BCUT2D eigenvalue weighted by Gasteiger charge is -2.11. The molecule has 0 fully saturated rings. The molecule has 5 heteroatoms. The fourth-order valence-electron chi connectivity index (χ4n) is 1.91. The molecule has 82 valence electrons.